The summed E-state index contributed by atoms with van der Waals surface area (Å²) in [5, 5.41) is 4.48. The molecule has 0 bridgehead atoms. The van der Waals surface area contributed by atoms with E-state index in [0.717, 1.165) is 19.6 Å². The summed E-state index contributed by atoms with van der Waals surface area (Å²) in [5.41, 5.74) is 1.17. The summed E-state index contributed by atoms with van der Waals surface area (Å²) in [5.74, 6) is 0. The first-order chi connectivity index (χ1) is 8.52. The van der Waals surface area contributed by atoms with Crippen LogP contribution in [0, 0.1) is 6.92 Å². The van der Waals surface area contributed by atoms with Crippen molar-refractivity contribution in [1.29, 1.82) is 0 Å². The molecular formula is C13H24N4S. The maximum atomic E-state index is 4.75. The summed E-state index contributed by atoms with van der Waals surface area (Å²) in [4.78, 5) is 10.9. The van der Waals surface area contributed by atoms with Gasteiger partial charge in [0.05, 0.1) is 5.69 Å². The number of hydrogen-bond donors (Lipinski definition) is 1. The van der Waals surface area contributed by atoms with Crippen LogP contribution in [0.25, 0.3) is 0 Å². The Bertz CT molecular complexity index is 404. The summed E-state index contributed by atoms with van der Waals surface area (Å²) in [6.45, 7) is 9.87. The number of hydrogen-bond acceptors (Lipinski definition) is 5. The highest BCUT2D eigenvalue weighted by atomic mass is 32.1. The van der Waals surface area contributed by atoms with Crippen LogP contribution in [0.15, 0.2) is 0 Å². The van der Waals surface area contributed by atoms with Crippen LogP contribution in [0.5, 0.6) is 0 Å². The summed E-state index contributed by atoms with van der Waals surface area (Å²) in [7, 11) is 4.20. The third kappa shape index (κ3) is 2.68. The molecule has 2 unspecified atom stereocenters. The van der Waals surface area contributed by atoms with E-state index in [9.17, 15) is 0 Å². The Morgan fingerprint density at radius 1 is 1.44 bits per heavy atom. The van der Waals surface area contributed by atoms with Crippen molar-refractivity contribution in [2.24, 2.45) is 0 Å². The van der Waals surface area contributed by atoms with Crippen LogP contribution >= 0.6 is 11.3 Å². The number of aromatic nitrogens is 1. The summed E-state index contributed by atoms with van der Waals surface area (Å²) in [6, 6.07) is 0.995. The zero-order chi connectivity index (χ0) is 13.3. The van der Waals surface area contributed by atoms with Crippen molar-refractivity contribution >= 4 is 16.5 Å². The number of aryl methyl sites for hydroxylation is 1. The van der Waals surface area contributed by atoms with Crippen molar-refractivity contribution in [3.05, 3.63) is 10.6 Å². The zero-order valence-electron chi connectivity index (χ0n) is 12.0. The molecule has 5 heteroatoms. The first kappa shape index (κ1) is 13.8. The second kappa shape index (κ2) is 5.55. The highest BCUT2D eigenvalue weighted by molar-refractivity contribution is 7.15. The molecular weight excluding hydrogens is 244 g/mol. The molecule has 1 fully saturated rings. The van der Waals surface area contributed by atoms with Gasteiger partial charge < -0.3 is 15.1 Å². The number of nitrogens with zero attached hydrogens (tertiary/aromatic N) is 3. The number of likely N-dealkylation sites (N-methyl/N-ethyl adjacent to an activating group) is 1. The van der Waals surface area contributed by atoms with E-state index in [0.29, 0.717) is 12.1 Å². The van der Waals surface area contributed by atoms with E-state index in [1.807, 2.05) is 18.4 Å². The Balaban J connectivity index is 2.14. The molecule has 0 amide bonds. The lowest BCUT2D eigenvalue weighted by Gasteiger charge is -2.37. The molecule has 102 valence electrons. The van der Waals surface area contributed by atoms with Crippen LogP contribution in [0.4, 0.5) is 5.13 Å². The molecule has 1 aromatic heterocycles. The van der Waals surface area contributed by atoms with Gasteiger partial charge in [-0.15, -0.1) is 11.3 Å². The molecule has 1 N–H and O–H groups in total. The predicted molar refractivity (Wildman–Crippen MR) is 78.6 cm³/mol. The molecule has 18 heavy (non-hydrogen) atoms. The quantitative estimate of drug-likeness (QED) is 0.907. The Morgan fingerprint density at radius 2 is 2.17 bits per heavy atom. The number of piperazine rings is 1. The van der Waals surface area contributed by atoms with Crippen LogP contribution in [0.3, 0.4) is 0 Å². The minimum atomic E-state index is 0.390. The van der Waals surface area contributed by atoms with E-state index >= 15 is 0 Å². The average Bonchev–Trinajstić information content (AvgIpc) is 2.74. The predicted octanol–water partition coefficient (Wildman–Crippen LogP) is 1.87. The average molecular weight is 268 g/mol. The van der Waals surface area contributed by atoms with Gasteiger partial charge in [0.2, 0.25) is 0 Å². The van der Waals surface area contributed by atoms with Crippen molar-refractivity contribution in [1.82, 2.24) is 15.2 Å². The van der Waals surface area contributed by atoms with Gasteiger partial charge in [0.25, 0.3) is 0 Å². The number of thiazole rings is 1. The molecule has 0 radical (unpaired) electrons. The topological polar surface area (TPSA) is 31.4 Å². The number of anilines is 1. The van der Waals surface area contributed by atoms with Gasteiger partial charge in [-0.25, -0.2) is 4.98 Å². The highest BCUT2D eigenvalue weighted by Crippen LogP contribution is 2.31. The molecule has 0 aromatic carbocycles. The molecule has 1 aliphatic rings. The van der Waals surface area contributed by atoms with Gasteiger partial charge in [-0.05, 0) is 34.9 Å². The van der Waals surface area contributed by atoms with Crippen molar-refractivity contribution in [3.8, 4) is 0 Å². The van der Waals surface area contributed by atoms with Gasteiger partial charge in [-0.3, -0.25) is 0 Å². The fraction of sp³-hybridized carbons (Fsp3) is 0.769. The molecule has 2 heterocycles. The zero-order valence-corrected chi connectivity index (χ0v) is 12.8. The Kier molecular flexibility index (Phi) is 4.25. The fourth-order valence-corrected chi connectivity index (χ4v) is 3.45. The first-order valence-corrected chi connectivity index (χ1v) is 7.44. The second-order valence-electron chi connectivity index (χ2n) is 5.23. The van der Waals surface area contributed by atoms with Crippen LogP contribution < -0.4 is 10.2 Å². The minimum absolute atomic E-state index is 0.390. The number of rotatable bonds is 3. The Hall–Kier alpha value is -0.650. The lowest BCUT2D eigenvalue weighted by Crippen LogP contribution is -2.50. The third-order valence-electron chi connectivity index (χ3n) is 3.88. The van der Waals surface area contributed by atoms with E-state index in [2.05, 4.69) is 42.9 Å². The maximum Gasteiger partial charge on any atom is 0.185 e. The van der Waals surface area contributed by atoms with E-state index in [4.69, 9.17) is 4.98 Å². The molecule has 1 aliphatic heterocycles. The summed E-state index contributed by atoms with van der Waals surface area (Å²) < 4.78 is 0. The van der Waals surface area contributed by atoms with Gasteiger partial charge in [0.15, 0.2) is 5.13 Å². The molecule has 0 spiro atoms. The van der Waals surface area contributed by atoms with E-state index in [1.54, 1.807) is 0 Å². The van der Waals surface area contributed by atoms with Gasteiger partial charge in [-0.1, -0.05) is 0 Å². The van der Waals surface area contributed by atoms with Crippen LogP contribution in [0.2, 0.25) is 0 Å². The van der Waals surface area contributed by atoms with Crippen LogP contribution in [-0.4, -0.2) is 49.7 Å². The van der Waals surface area contributed by atoms with E-state index in [1.165, 1.54) is 15.7 Å². The van der Waals surface area contributed by atoms with E-state index < -0.39 is 0 Å². The SMILES string of the molecule is CNC(C)c1sc(N2CCN(C)C(C)C2)nc1C. The van der Waals surface area contributed by atoms with Crippen LogP contribution in [0.1, 0.15) is 30.5 Å². The monoisotopic (exact) mass is 268 g/mol. The highest BCUT2D eigenvalue weighted by Gasteiger charge is 2.24. The maximum absolute atomic E-state index is 4.75. The van der Waals surface area contributed by atoms with Crippen LogP contribution in [-0.2, 0) is 0 Å². The lowest BCUT2D eigenvalue weighted by molar-refractivity contribution is 0.234. The van der Waals surface area contributed by atoms with Crippen molar-refractivity contribution in [2.75, 3.05) is 38.6 Å². The fourth-order valence-electron chi connectivity index (χ4n) is 2.28. The van der Waals surface area contributed by atoms with Crippen molar-refractivity contribution < 1.29 is 0 Å². The summed E-state index contributed by atoms with van der Waals surface area (Å²) >= 11 is 1.84. The molecule has 0 saturated carbocycles. The Labute approximate surface area is 114 Å². The molecule has 2 rings (SSSR count). The van der Waals surface area contributed by atoms with Gasteiger partial charge >= 0.3 is 0 Å². The molecule has 4 nitrogen and oxygen atoms in total. The van der Waals surface area contributed by atoms with Crippen molar-refractivity contribution in [3.63, 3.8) is 0 Å². The molecule has 1 saturated heterocycles. The van der Waals surface area contributed by atoms with Gasteiger partial charge in [0.1, 0.15) is 0 Å². The third-order valence-corrected chi connectivity index (χ3v) is 5.28. The van der Waals surface area contributed by atoms with Gasteiger partial charge in [0, 0.05) is 36.6 Å². The standard InChI is InChI=1S/C13H24N4S/c1-9-8-17(7-6-16(9)5)13-15-11(3)12(18-13)10(2)14-4/h9-10,14H,6-8H2,1-5H3. The van der Waals surface area contributed by atoms with E-state index in [-0.39, 0.29) is 0 Å². The normalized spacial score (nSPS) is 23.4. The molecule has 0 aliphatic carbocycles. The molecule has 1 aromatic rings. The molecule has 2 atom stereocenters. The largest absolute Gasteiger partial charge is 0.345 e. The van der Waals surface area contributed by atoms with Gasteiger partial charge in [-0.2, -0.15) is 0 Å². The van der Waals surface area contributed by atoms with Crippen molar-refractivity contribution in [2.45, 2.75) is 32.9 Å². The smallest absolute Gasteiger partial charge is 0.185 e. The first-order valence-electron chi connectivity index (χ1n) is 6.62. The number of nitrogens with one attached hydrogen (secondary N) is 1. The Morgan fingerprint density at radius 3 is 2.78 bits per heavy atom. The minimum Gasteiger partial charge on any atom is -0.345 e. The second-order valence-corrected chi connectivity index (χ2v) is 6.24. The summed E-state index contributed by atoms with van der Waals surface area (Å²) in [6.07, 6.45) is 0. The lowest BCUT2D eigenvalue weighted by atomic mass is 10.2.